The predicted octanol–water partition coefficient (Wildman–Crippen LogP) is 4.53. The molecule has 0 bridgehead atoms. The number of nitrogens with one attached hydrogen (secondary N) is 1. The van der Waals surface area contributed by atoms with Crippen LogP contribution in [0.1, 0.15) is 41.6 Å². The van der Waals surface area contributed by atoms with E-state index >= 15 is 0 Å². The Morgan fingerprint density at radius 1 is 1.11 bits per heavy atom. The molecule has 1 aliphatic carbocycles. The molecule has 1 saturated heterocycles. The Labute approximate surface area is 207 Å². The van der Waals surface area contributed by atoms with Crippen molar-refractivity contribution in [3.63, 3.8) is 0 Å². The highest BCUT2D eigenvalue weighted by molar-refractivity contribution is 5.98. The molecule has 0 radical (unpaired) electrons. The van der Waals surface area contributed by atoms with Crippen molar-refractivity contribution in [2.45, 2.75) is 42.7 Å². The number of phenols is 1. The molecule has 2 aliphatic rings. The molecule has 2 fully saturated rings. The lowest BCUT2D eigenvalue weighted by molar-refractivity contribution is -0.918. The molecule has 5 heteroatoms. The van der Waals surface area contributed by atoms with E-state index in [1.807, 2.05) is 60.7 Å². The molecule has 35 heavy (non-hydrogen) atoms. The lowest BCUT2D eigenvalue weighted by Gasteiger charge is -2.59. The van der Waals surface area contributed by atoms with E-state index in [0.29, 0.717) is 31.4 Å². The van der Waals surface area contributed by atoms with Crippen molar-refractivity contribution in [1.82, 2.24) is 5.32 Å². The predicted molar refractivity (Wildman–Crippen MR) is 139 cm³/mol. The number of piperidine rings is 1. The third kappa shape index (κ3) is 4.24. The maximum Gasteiger partial charge on any atom is 0.251 e. The number of phenolic OH excluding ortho intramolecular Hbond substituents is 1. The quantitative estimate of drug-likeness (QED) is 0.378. The molecule has 3 N–H and O–H groups in total. The number of hydrogen-bond acceptors (Lipinski definition) is 3. The van der Waals surface area contributed by atoms with Gasteiger partial charge in [0.05, 0.1) is 20.1 Å². The number of aliphatic hydroxyl groups is 1. The first-order valence-electron chi connectivity index (χ1n) is 12.5. The number of fused-ring (bicyclic) bond motifs is 2. The van der Waals surface area contributed by atoms with Gasteiger partial charge in [0.15, 0.2) is 0 Å². The first-order valence-corrected chi connectivity index (χ1v) is 12.5. The SMILES string of the molecule is C=CC[N@@+]1(C)CC[C@@]2(c3cccc(O)c3)C[C@@H](NC(=O)c3ccc4ccccc4c3)CCC2(O)C1. The Morgan fingerprint density at radius 2 is 1.91 bits per heavy atom. The van der Waals surface area contributed by atoms with Crippen molar-refractivity contribution in [3.05, 3.63) is 90.5 Å². The van der Waals surface area contributed by atoms with E-state index in [-0.39, 0.29) is 17.7 Å². The number of quaternary nitrogens is 1. The van der Waals surface area contributed by atoms with Gasteiger partial charge < -0.3 is 20.0 Å². The molecule has 0 spiro atoms. The minimum Gasteiger partial charge on any atom is -0.508 e. The van der Waals surface area contributed by atoms with Crippen LogP contribution in [-0.2, 0) is 5.41 Å². The fourth-order valence-corrected chi connectivity index (χ4v) is 6.63. The first kappa shape index (κ1) is 23.6. The molecule has 1 aliphatic heterocycles. The molecule has 1 saturated carbocycles. The molecule has 5 rings (SSSR count). The van der Waals surface area contributed by atoms with Crippen molar-refractivity contribution >= 4 is 16.7 Å². The molecule has 1 amide bonds. The highest BCUT2D eigenvalue weighted by Crippen LogP contribution is 2.53. The van der Waals surface area contributed by atoms with E-state index in [9.17, 15) is 15.0 Å². The van der Waals surface area contributed by atoms with Gasteiger partial charge in [-0.05, 0) is 65.9 Å². The fourth-order valence-electron chi connectivity index (χ4n) is 6.63. The summed E-state index contributed by atoms with van der Waals surface area (Å²) in [5, 5.41) is 27.9. The minimum atomic E-state index is -0.930. The van der Waals surface area contributed by atoms with Gasteiger partial charge >= 0.3 is 0 Å². The zero-order chi connectivity index (χ0) is 24.7. The Morgan fingerprint density at radius 3 is 2.69 bits per heavy atom. The van der Waals surface area contributed by atoms with Crippen LogP contribution in [0.5, 0.6) is 5.75 Å². The number of likely N-dealkylation sites (tertiary alicyclic amines) is 1. The van der Waals surface area contributed by atoms with Crippen LogP contribution in [0.2, 0.25) is 0 Å². The summed E-state index contributed by atoms with van der Waals surface area (Å²) in [5.41, 5.74) is 0.134. The largest absolute Gasteiger partial charge is 0.508 e. The van der Waals surface area contributed by atoms with E-state index in [1.165, 1.54) is 0 Å². The molecule has 5 nitrogen and oxygen atoms in total. The van der Waals surface area contributed by atoms with Gasteiger partial charge in [-0.15, -0.1) is 0 Å². The maximum absolute atomic E-state index is 13.3. The molecule has 1 heterocycles. The Bertz CT molecular complexity index is 1270. The normalized spacial score (nSPS) is 30.4. The second-order valence-electron chi connectivity index (χ2n) is 10.9. The molecular formula is C30H35N2O3+. The van der Waals surface area contributed by atoms with Crippen molar-refractivity contribution in [3.8, 4) is 5.75 Å². The number of carbonyl (C=O) groups is 1. The number of aromatic hydroxyl groups is 1. The summed E-state index contributed by atoms with van der Waals surface area (Å²) >= 11 is 0. The molecule has 4 atom stereocenters. The Balaban J connectivity index is 1.44. The highest BCUT2D eigenvalue weighted by atomic mass is 16.3. The zero-order valence-electron chi connectivity index (χ0n) is 20.4. The summed E-state index contributed by atoms with van der Waals surface area (Å²) in [4.78, 5) is 13.3. The summed E-state index contributed by atoms with van der Waals surface area (Å²) in [7, 11) is 2.18. The van der Waals surface area contributed by atoms with Crippen LogP contribution in [-0.4, -0.2) is 58.9 Å². The molecule has 3 aromatic rings. The molecule has 1 unspecified atom stereocenters. The zero-order valence-corrected chi connectivity index (χ0v) is 20.4. The van der Waals surface area contributed by atoms with Crippen LogP contribution < -0.4 is 5.32 Å². The van der Waals surface area contributed by atoms with Gasteiger partial charge in [0.2, 0.25) is 0 Å². The van der Waals surface area contributed by atoms with E-state index in [1.54, 1.807) is 12.1 Å². The molecule has 182 valence electrons. The number of nitrogens with zero attached hydrogens (tertiary/aromatic N) is 1. The van der Waals surface area contributed by atoms with Crippen molar-refractivity contribution < 1.29 is 19.5 Å². The van der Waals surface area contributed by atoms with E-state index in [2.05, 4.69) is 18.9 Å². The third-order valence-corrected chi connectivity index (χ3v) is 8.43. The fraction of sp³-hybridized carbons (Fsp3) is 0.367. The summed E-state index contributed by atoms with van der Waals surface area (Å²) in [6.45, 7) is 6.26. The van der Waals surface area contributed by atoms with Gasteiger partial charge in [-0.25, -0.2) is 0 Å². The van der Waals surface area contributed by atoms with Crippen molar-refractivity contribution in [1.29, 1.82) is 0 Å². The maximum atomic E-state index is 13.3. The van der Waals surface area contributed by atoms with Crippen LogP contribution in [0.3, 0.4) is 0 Å². The monoisotopic (exact) mass is 471 g/mol. The minimum absolute atomic E-state index is 0.0622. The van der Waals surface area contributed by atoms with Gasteiger partial charge in [-0.1, -0.05) is 49.0 Å². The number of amides is 1. The van der Waals surface area contributed by atoms with Crippen molar-refractivity contribution in [2.24, 2.45) is 0 Å². The van der Waals surface area contributed by atoms with Gasteiger partial charge in [-0.2, -0.15) is 0 Å². The number of carbonyl (C=O) groups excluding carboxylic acids is 1. The lowest BCUT2D eigenvalue weighted by atomic mass is 9.55. The van der Waals surface area contributed by atoms with Crippen LogP contribution in [0.25, 0.3) is 10.8 Å². The number of likely N-dealkylation sites (N-methyl/N-ethyl adjacent to an activating group) is 1. The van der Waals surface area contributed by atoms with Gasteiger partial charge in [0.1, 0.15) is 17.9 Å². The van der Waals surface area contributed by atoms with E-state index < -0.39 is 11.0 Å². The molecule has 0 aromatic heterocycles. The van der Waals surface area contributed by atoms with E-state index in [4.69, 9.17) is 0 Å². The average molecular weight is 472 g/mol. The number of benzene rings is 3. The van der Waals surface area contributed by atoms with Crippen LogP contribution in [0.4, 0.5) is 0 Å². The number of hydrogen-bond donors (Lipinski definition) is 3. The summed E-state index contributed by atoms with van der Waals surface area (Å²) in [6, 6.07) is 21.1. The topological polar surface area (TPSA) is 69.6 Å². The average Bonchev–Trinajstić information content (AvgIpc) is 2.84. The first-order chi connectivity index (χ1) is 16.8. The standard InChI is InChI=1S/C30H34N2O3/c1-3-16-32(2)17-15-29(25-9-6-10-27(33)19-25)20-26(13-14-30(29,35)21-32)31-28(34)24-12-11-22-7-4-5-8-23(22)18-24/h3-12,18-19,26,35H,1,13-17,20-21H2,2H3,(H-,31,33,34)/p+1/t26-,29-,30?,32-/m0/s1. The second-order valence-corrected chi connectivity index (χ2v) is 10.9. The smallest absolute Gasteiger partial charge is 0.251 e. The van der Waals surface area contributed by atoms with Crippen LogP contribution >= 0.6 is 0 Å². The second kappa shape index (κ2) is 8.81. The van der Waals surface area contributed by atoms with Gasteiger partial charge in [0.25, 0.3) is 5.91 Å². The lowest BCUT2D eigenvalue weighted by Crippen LogP contribution is -2.71. The number of rotatable bonds is 5. The molecular weight excluding hydrogens is 436 g/mol. The van der Waals surface area contributed by atoms with Crippen LogP contribution in [0, 0.1) is 0 Å². The van der Waals surface area contributed by atoms with Gasteiger partial charge in [0, 0.05) is 23.4 Å². The third-order valence-electron chi connectivity index (χ3n) is 8.43. The van der Waals surface area contributed by atoms with E-state index in [0.717, 1.165) is 40.3 Å². The Hall–Kier alpha value is -3.15. The highest BCUT2D eigenvalue weighted by Gasteiger charge is 2.61. The summed E-state index contributed by atoms with van der Waals surface area (Å²) < 4.78 is 0.745. The summed E-state index contributed by atoms with van der Waals surface area (Å²) in [6.07, 6.45) is 4.65. The Kier molecular flexibility index (Phi) is 5.94. The molecule has 3 aromatic carbocycles. The summed E-state index contributed by atoms with van der Waals surface area (Å²) in [5.74, 6) is 0.121. The van der Waals surface area contributed by atoms with Crippen molar-refractivity contribution in [2.75, 3.05) is 26.7 Å². The van der Waals surface area contributed by atoms with Crippen LogP contribution in [0.15, 0.2) is 79.4 Å². The van der Waals surface area contributed by atoms with Gasteiger partial charge in [-0.3, -0.25) is 4.79 Å².